The van der Waals surface area contributed by atoms with E-state index >= 15 is 0 Å². The first-order valence-corrected chi connectivity index (χ1v) is 6.89. The molecule has 0 aliphatic carbocycles. The van der Waals surface area contributed by atoms with Gasteiger partial charge in [-0.05, 0) is 38.4 Å². The van der Waals surface area contributed by atoms with Crippen LogP contribution in [0.1, 0.15) is 43.2 Å². The zero-order chi connectivity index (χ0) is 13.0. The monoisotopic (exact) mass is 252 g/mol. The third-order valence-corrected chi connectivity index (χ3v) is 3.85. The molecule has 1 fully saturated rings. The van der Waals surface area contributed by atoms with Gasteiger partial charge in [0, 0.05) is 12.6 Å². The molecule has 2 heterocycles. The van der Waals surface area contributed by atoms with Crippen molar-refractivity contribution in [2.24, 2.45) is 5.73 Å². The quantitative estimate of drug-likeness (QED) is 0.858. The van der Waals surface area contributed by atoms with E-state index in [0.717, 1.165) is 24.5 Å². The Labute approximate surface area is 109 Å². The largest absolute Gasteiger partial charge is 0.465 e. The molecular weight excluding hydrogens is 228 g/mol. The van der Waals surface area contributed by atoms with Crippen LogP contribution in [0.4, 0.5) is 0 Å². The average Bonchev–Trinajstić information content (AvgIpc) is 2.66. The number of furan rings is 1. The first-order chi connectivity index (χ1) is 8.76. The minimum absolute atomic E-state index is 0.0916. The second-order valence-electron chi connectivity index (χ2n) is 5.12. The Morgan fingerprint density at radius 2 is 2.28 bits per heavy atom. The van der Waals surface area contributed by atoms with E-state index in [2.05, 4.69) is 4.90 Å². The zero-order valence-corrected chi connectivity index (χ0v) is 11.1. The van der Waals surface area contributed by atoms with Gasteiger partial charge in [-0.15, -0.1) is 0 Å². The Balaban J connectivity index is 2.18. The van der Waals surface area contributed by atoms with Crippen molar-refractivity contribution in [3.05, 3.63) is 23.7 Å². The Morgan fingerprint density at radius 1 is 1.44 bits per heavy atom. The van der Waals surface area contributed by atoms with E-state index in [1.54, 1.807) is 0 Å². The molecule has 1 aromatic rings. The molecule has 0 saturated carbocycles. The number of aryl methyl sites for hydroxylation is 1. The number of hydrogen-bond acceptors (Lipinski definition) is 4. The standard InChI is InChI=1S/C14H24N2O2/c1-11-6-7-14(18-11)13(9-15)16-8-4-2-3-5-12(16)10-17/h6-7,12-13,17H,2-5,8-10,15H2,1H3. The first kappa shape index (κ1) is 13.6. The molecular formula is C14H24N2O2. The van der Waals surface area contributed by atoms with Crippen LogP contribution in [0.2, 0.25) is 0 Å². The van der Waals surface area contributed by atoms with Gasteiger partial charge in [-0.3, -0.25) is 4.90 Å². The lowest BCUT2D eigenvalue weighted by Crippen LogP contribution is -2.43. The molecule has 0 radical (unpaired) electrons. The van der Waals surface area contributed by atoms with Crippen molar-refractivity contribution < 1.29 is 9.52 Å². The highest BCUT2D eigenvalue weighted by Gasteiger charge is 2.29. The number of nitrogens with two attached hydrogens (primary N) is 1. The highest BCUT2D eigenvalue weighted by Crippen LogP contribution is 2.28. The number of aliphatic hydroxyl groups is 1. The van der Waals surface area contributed by atoms with Crippen LogP contribution in [0.25, 0.3) is 0 Å². The summed E-state index contributed by atoms with van der Waals surface area (Å²) < 4.78 is 5.72. The molecule has 2 rings (SSSR count). The third kappa shape index (κ3) is 2.94. The van der Waals surface area contributed by atoms with Crippen LogP contribution in [0.3, 0.4) is 0 Å². The van der Waals surface area contributed by atoms with Crippen molar-refractivity contribution in [3.8, 4) is 0 Å². The zero-order valence-electron chi connectivity index (χ0n) is 11.1. The van der Waals surface area contributed by atoms with Crippen LogP contribution in [0.5, 0.6) is 0 Å². The smallest absolute Gasteiger partial charge is 0.122 e. The van der Waals surface area contributed by atoms with E-state index in [1.807, 2.05) is 19.1 Å². The van der Waals surface area contributed by atoms with E-state index in [4.69, 9.17) is 10.2 Å². The molecule has 1 aromatic heterocycles. The van der Waals surface area contributed by atoms with Gasteiger partial charge in [-0.1, -0.05) is 12.8 Å². The topological polar surface area (TPSA) is 62.6 Å². The van der Waals surface area contributed by atoms with Crippen molar-refractivity contribution >= 4 is 0 Å². The normalized spacial score (nSPS) is 23.8. The lowest BCUT2D eigenvalue weighted by Gasteiger charge is -2.34. The van der Waals surface area contributed by atoms with Crippen LogP contribution in [-0.4, -0.2) is 35.7 Å². The Hall–Kier alpha value is -0.840. The Kier molecular flexibility index (Phi) is 4.80. The van der Waals surface area contributed by atoms with Crippen molar-refractivity contribution in [1.29, 1.82) is 0 Å². The van der Waals surface area contributed by atoms with Gasteiger partial charge in [0.25, 0.3) is 0 Å². The second kappa shape index (κ2) is 6.36. The molecule has 4 heteroatoms. The maximum atomic E-state index is 9.57. The van der Waals surface area contributed by atoms with Crippen LogP contribution < -0.4 is 5.73 Å². The summed E-state index contributed by atoms with van der Waals surface area (Å²) >= 11 is 0. The van der Waals surface area contributed by atoms with Gasteiger partial charge in [0.15, 0.2) is 0 Å². The summed E-state index contributed by atoms with van der Waals surface area (Å²) in [6.45, 7) is 3.68. The van der Waals surface area contributed by atoms with Crippen LogP contribution in [-0.2, 0) is 0 Å². The predicted octanol–water partition coefficient (Wildman–Crippen LogP) is 1.82. The number of hydrogen-bond donors (Lipinski definition) is 2. The molecule has 102 valence electrons. The SMILES string of the molecule is Cc1ccc(C(CN)N2CCCCCC2CO)o1. The van der Waals surface area contributed by atoms with Gasteiger partial charge in [0.1, 0.15) is 11.5 Å². The highest BCUT2D eigenvalue weighted by atomic mass is 16.3. The van der Waals surface area contributed by atoms with Gasteiger partial charge in [0.05, 0.1) is 12.6 Å². The molecule has 1 saturated heterocycles. The summed E-state index contributed by atoms with van der Waals surface area (Å²) in [4.78, 5) is 2.32. The summed E-state index contributed by atoms with van der Waals surface area (Å²) in [5, 5.41) is 9.57. The maximum Gasteiger partial charge on any atom is 0.122 e. The van der Waals surface area contributed by atoms with Gasteiger partial charge in [-0.2, -0.15) is 0 Å². The summed E-state index contributed by atoms with van der Waals surface area (Å²) in [6.07, 6.45) is 4.65. The Bertz CT molecular complexity index is 364. The third-order valence-electron chi connectivity index (χ3n) is 3.85. The fourth-order valence-electron chi connectivity index (χ4n) is 2.85. The molecule has 3 N–H and O–H groups in total. The molecule has 0 bridgehead atoms. The molecule has 1 aliphatic heterocycles. The fraction of sp³-hybridized carbons (Fsp3) is 0.714. The lowest BCUT2D eigenvalue weighted by molar-refractivity contribution is 0.0774. The molecule has 1 aliphatic rings. The second-order valence-corrected chi connectivity index (χ2v) is 5.12. The molecule has 0 amide bonds. The lowest BCUT2D eigenvalue weighted by atomic mass is 10.1. The molecule has 2 atom stereocenters. The van der Waals surface area contributed by atoms with Gasteiger partial charge in [-0.25, -0.2) is 0 Å². The molecule has 2 unspecified atom stereocenters. The number of rotatable bonds is 4. The van der Waals surface area contributed by atoms with E-state index in [0.29, 0.717) is 6.54 Å². The maximum absolute atomic E-state index is 9.57. The van der Waals surface area contributed by atoms with Gasteiger partial charge < -0.3 is 15.3 Å². The van der Waals surface area contributed by atoms with Crippen molar-refractivity contribution in [2.45, 2.75) is 44.7 Å². The van der Waals surface area contributed by atoms with Gasteiger partial charge in [0.2, 0.25) is 0 Å². The predicted molar refractivity (Wildman–Crippen MR) is 71.3 cm³/mol. The van der Waals surface area contributed by atoms with E-state index in [-0.39, 0.29) is 18.7 Å². The summed E-state index contributed by atoms with van der Waals surface area (Å²) in [7, 11) is 0. The van der Waals surface area contributed by atoms with Crippen LogP contribution in [0, 0.1) is 6.92 Å². The molecule has 18 heavy (non-hydrogen) atoms. The summed E-state index contributed by atoms with van der Waals surface area (Å²) in [5.74, 6) is 1.84. The number of nitrogens with zero attached hydrogens (tertiary/aromatic N) is 1. The number of likely N-dealkylation sites (tertiary alicyclic amines) is 1. The van der Waals surface area contributed by atoms with E-state index < -0.39 is 0 Å². The summed E-state index contributed by atoms with van der Waals surface area (Å²) in [6, 6.07) is 4.29. The van der Waals surface area contributed by atoms with E-state index in [9.17, 15) is 5.11 Å². The highest BCUT2D eigenvalue weighted by molar-refractivity contribution is 5.11. The first-order valence-electron chi connectivity index (χ1n) is 6.89. The van der Waals surface area contributed by atoms with Crippen LogP contribution >= 0.6 is 0 Å². The molecule has 0 spiro atoms. The molecule has 0 aromatic carbocycles. The molecule has 4 nitrogen and oxygen atoms in total. The minimum Gasteiger partial charge on any atom is -0.465 e. The number of aliphatic hydroxyl groups excluding tert-OH is 1. The van der Waals surface area contributed by atoms with Gasteiger partial charge >= 0.3 is 0 Å². The van der Waals surface area contributed by atoms with Crippen molar-refractivity contribution in [3.63, 3.8) is 0 Å². The van der Waals surface area contributed by atoms with Crippen molar-refractivity contribution in [2.75, 3.05) is 19.7 Å². The van der Waals surface area contributed by atoms with Crippen molar-refractivity contribution in [1.82, 2.24) is 4.90 Å². The Morgan fingerprint density at radius 3 is 2.89 bits per heavy atom. The average molecular weight is 252 g/mol. The van der Waals surface area contributed by atoms with E-state index in [1.165, 1.54) is 19.3 Å². The fourth-order valence-corrected chi connectivity index (χ4v) is 2.85. The summed E-state index contributed by atoms with van der Waals surface area (Å²) in [5.41, 5.74) is 5.93. The minimum atomic E-state index is 0.0916. The van der Waals surface area contributed by atoms with Crippen LogP contribution in [0.15, 0.2) is 16.5 Å².